The summed E-state index contributed by atoms with van der Waals surface area (Å²) in [7, 11) is 0. The fraction of sp³-hybridized carbons (Fsp3) is 0.0156. The Balaban J connectivity index is 1.05. The Morgan fingerprint density at radius 1 is 0.388 bits per heavy atom. The lowest BCUT2D eigenvalue weighted by Crippen LogP contribution is -2.21. The Labute approximate surface area is 387 Å². The van der Waals surface area contributed by atoms with Crippen molar-refractivity contribution in [2.24, 2.45) is 0 Å². The molecular formula is C64H41N3. The Hall–Kier alpha value is -8.79. The molecule has 14 rings (SSSR count). The van der Waals surface area contributed by atoms with Gasteiger partial charge in [-0.15, -0.1) is 0 Å². The molecule has 13 aromatic rings. The van der Waals surface area contributed by atoms with Crippen LogP contribution in [-0.2, 0) is 0 Å². The summed E-state index contributed by atoms with van der Waals surface area (Å²) in [6, 6.07) is 78.6. The van der Waals surface area contributed by atoms with Crippen LogP contribution in [-0.4, -0.2) is 9.55 Å². The molecule has 3 heterocycles. The van der Waals surface area contributed by atoms with Crippen molar-refractivity contribution in [3.63, 3.8) is 0 Å². The number of rotatable bonds is 5. The maximum atomic E-state index is 4.59. The van der Waals surface area contributed by atoms with Gasteiger partial charge >= 0.3 is 0 Å². The number of aromatic nitrogens is 2. The third kappa shape index (κ3) is 5.88. The SMILES string of the molecule is C1=Cc2c(c3cc(-c4ccc5c(-c6ccc7ccccc7c6)c6ccccc6c(-c6ccc7ccccc7c6)c5c4)ccc3n2-c2cc3ccccc3c3ccccc23)C(c2cccnc2)N1. The lowest BCUT2D eigenvalue weighted by atomic mass is 9.84. The van der Waals surface area contributed by atoms with Crippen molar-refractivity contribution in [3.05, 3.63) is 248 Å². The van der Waals surface area contributed by atoms with Crippen molar-refractivity contribution in [1.82, 2.24) is 14.9 Å². The molecular weight excluding hydrogens is 811 g/mol. The molecule has 1 aliphatic rings. The molecule has 1 unspecified atom stereocenters. The van der Waals surface area contributed by atoms with E-state index in [2.05, 4.69) is 233 Å². The smallest absolute Gasteiger partial charge is 0.0804 e. The molecule has 1 atom stereocenters. The van der Waals surface area contributed by atoms with Gasteiger partial charge in [0, 0.05) is 28.7 Å². The number of nitrogens with zero attached hydrogens (tertiary/aromatic N) is 2. The van der Waals surface area contributed by atoms with Crippen LogP contribution in [0.2, 0.25) is 0 Å². The van der Waals surface area contributed by atoms with E-state index in [1.807, 2.05) is 18.5 Å². The molecule has 312 valence electrons. The third-order valence-corrected chi connectivity index (χ3v) is 14.3. The number of pyridine rings is 1. The Morgan fingerprint density at radius 2 is 0.940 bits per heavy atom. The zero-order valence-corrected chi connectivity index (χ0v) is 36.5. The second-order valence-corrected chi connectivity index (χ2v) is 17.9. The van der Waals surface area contributed by atoms with Crippen LogP contribution in [0.3, 0.4) is 0 Å². The molecule has 3 nitrogen and oxygen atoms in total. The van der Waals surface area contributed by atoms with Gasteiger partial charge in [-0.05, 0) is 153 Å². The van der Waals surface area contributed by atoms with Gasteiger partial charge in [0.25, 0.3) is 0 Å². The first-order valence-corrected chi connectivity index (χ1v) is 23.1. The molecule has 2 aromatic heterocycles. The zero-order chi connectivity index (χ0) is 44.0. The van der Waals surface area contributed by atoms with E-state index in [1.165, 1.54) is 126 Å². The van der Waals surface area contributed by atoms with Crippen LogP contribution < -0.4 is 5.32 Å². The molecule has 0 saturated heterocycles. The minimum atomic E-state index is -0.0913. The van der Waals surface area contributed by atoms with Crippen molar-refractivity contribution < 1.29 is 0 Å². The number of hydrogen-bond acceptors (Lipinski definition) is 2. The largest absolute Gasteiger partial charge is 0.380 e. The van der Waals surface area contributed by atoms with Gasteiger partial charge in [0.1, 0.15) is 0 Å². The van der Waals surface area contributed by atoms with E-state index in [1.54, 1.807) is 0 Å². The van der Waals surface area contributed by atoms with E-state index in [9.17, 15) is 0 Å². The Bertz CT molecular complexity index is 4200. The highest BCUT2D eigenvalue weighted by atomic mass is 15.0. The third-order valence-electron chi connectivity index (χ3n) is 14.3. The van der Waals surface area contributed by atoms with Crippen LogP contribution in [0.4, 0.5) is 0 Å². The predicted octanol–water partition coefficient (Wildman–Crippen LogP) is 16.6. The highest BCUT2D eigenvalue weighted by Gasteiger charge is 2.28. The van der Waals surface area contributed by atoms with Gasteiger partial charge in [-0.1, -0.05) is 170 Å². The first-order chi connectivity index (χ1) is 33.2. The minimum absolute atomic E-state index is 0.0913. The average molecular weight is 852 g/mol. The van der Waals surface area contributed by atoms with E-state index in [-0.39, 0.29) is 6.04 Å². The summed E-state index contributed by atoms with van der Waals surface area (Å²) in [6.45, 7) is 0. The molecule has 0 saturated carbocycles. The molecule has 0 bridgehead atoms. The van der Waals surface area contributed by atoms with Crippen LogP contribution in [0.25, 0.3) is 121 Å². The summed E-state index contributed by atoms with van der Waals surface area (Å²) in [4.78, 5) is 4.59. The highest BCUT2D eigenvalue weighted by molar-refractivity contribution is 6.23. The fourth-order valence-corrected chi connectivity index (χ4v) is 11.2. The number of benzene rings is 11. The minimum Gasteiger partial charge on any atom is -0.380 e. The molecule has 0 spiro atoms. The first kappa shape index (κ1) is 37.6. The molecule has 11 aromatic carbocycles. The summed E-state index contributed by atoms with van der Waals surface area (Å²) in [5.41, 5.74) is 13.2. The maximum Gasteiger partial charge on any atom is 0.0804 e. The van der Waals surface area contributed by atoms with Crippen LogP contribution in [0.1, 0.15) is 22.9 Å². The average Bonchev–Trinajstić information content (AvgIpc) is 3.73. The Kier molecular flexibility index (Phi) is 8.35. The summed E-state index contributed by atoms with van der Waals surface area (Å²) in [5.74, 6) is 0. The molecule has 1 N–H and O–H groups in total. The van der Waals surface area contributed by atoms with Crippen molar-refractivity contribution in [2.45, 2.75) is 6.04 Å². The molecule has 0 fully saturated rings. The normalized spacial score (nSPS) is 13.6. The molecule has 3 heteroatoms. The van der Waals surface area contributed by atoms with Crippen molar-refractivity contribution in [2.75, 3.05) is 0 Å². The van der Waals surface area contributed by atoms with Gasteiger partial charge in [-0.2, -0.15) is 0 Å². The van der Waals surface area contributed by atoms with E-state index in [0.29, 0.717) is 0 Å². The van der Waals surface area contributed by atoms with Crippen LogP contribution in [0.15, 0.2) is 231 Å². The molecule has 0 radical (unpaired) electrons. The molecule has 0 aliphatic carbocycles. The van der Waals surface area contributed by atoms with Gasteiger partial charge in [-0.25, -0.2) is 0 Å². The van der Waals surface area contributed by atoms with Crippen LogP contribution in [0, 0.1) is 0 Å². The van der Waals surface area contributed by atoms with Crippen LogP contribution >= 0.6 is 0 Å². The van der Waals surface area contributed by atoms with Crippen molar-refractivity contribution >= 4 is 81.6 Å². The zero-order valence-electron chi connectivity index (χ0n) is 36.5. The van der Waals surface area contributed by atoms with E-state index in [0.717, 1.165) is 5.56 Å². The molecule has 1 aliphatic heterocycles. The summed E-state index contributed by atoms with van der Waals surface area (Å²) in [5, 5.41) is 19.8. The summed E-state index contributed by atoms with van der Waals surface area (Å²) >= 11 is 0. The standard InChI is InChI=1S/C64H41N3/c1-3-14-42-34-47(25-23-40(42)12-1)61-53-21-9-10-22-54(53)62(48-26-24-41-13-2-4-15-43(41)35-48)56-36-44(27-29-55(56)61)45-28-30-58-57(37-45)63-59(31-33-66-64(63)49-17-11-32-65-39-49)67(58)60-38-46-16-5-6-18-50(46)51-19-7-8-20-52(51)60/h1-39,64,66H. The first-order valence-electron chi connectivity index (χ1n) is 23.1. The number of fused-ring (bicyclic) bond motifs is 10. The van der Waals surface area contributed by atoms with Gasteiger partial charge in [0.05, 0.1) is 22.9 Å². The predicted molar refractivity (Wildman–Crippen MR) is 283 cm³/mol. The van der Waals surface area contributed by atoms with E-state index >= 15 is 0 Å². The van der Waals surface area contributed by atoms with Crippen molar-refractivity contribution in [1.29, 1.82) is 0 Å². The van der Waals surface area contributed by atoms with Gasteiger partial charge in [0.15, 0.2) is 0 Å². The fourth-order valence-electron chi connectivity index (χ4n) is 11.2. The van der Waals surface area contributed by atoms with Gasteiger partial charge < -0.3 is 9.88 Å². The number of nitrogens with one attached hydrogen (secondary N) is 1. The quantitative estimate of drug-likeness (QED) is 0.138. The lowest BCUT2D eigenvalue weighted by Gasteiger charge is -2.23. The van der Waals surface area contributed by atoms with E-state index < -0.39 is 0 Å². The van der Waals surface area contributed by atoms with Gasteiger partial charge in [0.2, 0.25) is 0 Å². The number of hydrogen-bond donors (Lipinski definition) is 1. The summed E-state index contributed by atoms with van der Waals surface area (Å²) in [6.07, 6.45) is 8.20. The monoisotopic (exact) mass is 851 g/mol. The summed E-state index contributed by atoms with van der Waals surface area (Å²) < 4.78 is 2.49. The molecule has 0 amide bonds. The van der Waals surface area contributed by atoms with E-state index in [4.69, 9.17) is 0 Å². The van der Waals surface area contributed by atoms with Crippen LogP contribution in [0.5, 0.6) is 0 Å². The topological polar surface area (TPSA) is 29.9 Å². The maximum absolute atomic E-state index is 4.59. The molecule has 67 heavy (non-hydrogen) atoms. The second-order valence-electron chi connectivity index (χ2n) is 17.9. The van der Waals surface area contributed by atoms with Gasteiger partial charge in [-0.3, -0.25) is 4.98 Å². The second kappa shape index (κ2) is 14.9. The highest BCUT2D eigenvalue weighted by Crippen LogP contribution is 2.47. The van der Waals surface area contributed by atoms with Crippen molar-refractivity contribution in [3.8, 4) is 39.1 Å². The Morgan fingerprint density at radius 3 is 1.63 bits per heavy atom. The lowest BCUT2D eigenvalue weighted by molar-refractivity contribution is 0.719.